The van der Waals surface area contributed by atoms with Gasteiger partial charge < -0.3 is 15.3 Å². The largest absolute Gasteiger partial charge is 0.389 e. The molecule has 0 unspecified atom stereocenters. The van der Waals surface area contributed by atoms with E-state index in [1.165, 1.54) is 12.8 Å². The number of β-amino-alcohol motifs (C(OH)–C–C–N with tert-alkyl or cyclic N) is 1. The molecule has 1 heterocycles. The van der Waals surface area contributed by atoms with Gasteiger partial charge in [-0.15, -0.1) is 0 Å². The molecule has 5 nitrogen and oxygen atoms in total. The van der Waals surface area contributed by atoms with Gasteiger partial charge in [0.1, 0.15) is 0 Å². The van der Waals surface area contributed by atoms with Gasteiger partial charge in [0.2, 0.25) is 11.8 Å². The van der Waals surface area contributed by atoms with E-state index < -0.39 is 0 Å². The second kappa shape index (κ2) is 5.49. The standard InChI is InChI=1S/C12H20N2O3/c15-10-7-14(8-10)12(17)6-5-11(16)13-9-3-1-2-4-9/h9-10,15H,1-8H2,(H,13,16). The zero-order valence-electron chi connectivity index (χ0n) is 10.0. The minimum absolute atomic E-state index is 0.0219. The van der Waals surface area contributed by atoms with Crippen LogP contribution in [0.5, 0.6) is 0 Å². The van der Waals surface area contributed by atoms with Crippen molar-refractivity contribution >= 4 is 11.8 Å². The highest BCUT2D eigenvalue weighted by Crippen LogP contribution is 2.17. The lowest BCUT2D eigenvalue weighted by Gasteiger charge is -2.35. The second-order valence-corrected chi connectivity index (χ2v) is 5.00. The number of rotatable bonds is 4. The summed E-state index contributed by atoms with van der Waals surface area (Å²) in [5.74, 6) is -0.0526. The maximum atomic E-state index is 11.6. The van der Waals surface area contributed by atoms with Crippen LogP contribution in [0.3, 0.4) is 0 Å². The smallest absolute Gasteiger partial charge is 0.223 e. The van der Waals surface area contributed by atoms with Crippen molar-refractivity contribution < 1.29 is 14.7 Å². The number of amides is 2. The number of aliphatic hydroxyl groups is 1. The first kappa shape index (κ1) is 12.4. The minimum Gasteiger partial charge on any atom is -0.389 e. The molecule has 17 heavy (non-hydrogen) atoms. The molecule has 2 fully saturated rings. The summed E-state index contributed by atoms with van der Waals surface area (Å²) in [5, 5.41) is 12.0. The summed E-state index contributed by atoms with van der Waals surface area (Å²) in [6.07, 6.45) is 4.67. The average molecular weight is 240 g/mol. The Morgan fingerprint density at radius 3 is 2.41 bits per heavy atom. The van der Waals surface area contributed by atoms with Crippen LogP contribution in [0.1, 0.15) is 38.5 Å². The molecule has 2 rings (SSSR count). The summed E-state index contributed by atoms with van der Waals surface area (Å²) in [4.78, 5) is 24.7. The molecule has 1 aliphatic carbocycles. The van der Waals surface area contributed by atoms with E-state index in [1.807, 2.05) is 0 Å². The molecule has 0 bridgehead atoms. The molecule has 0 aromatic heterocycles. The molecular weight excluding hydrogens is 220 g/mol. The fourth-order valence-electron chi connectivity index (χ4n) is 2.41. The summed E-state index contributed by atoms with van der Waals surface area (Å²) in [6.45, 7) is 0.839. The van der Waals surface area contributed by atoms with Gasteiger partial charge in [-0.3, -0.25) is 9.59 Å². The third kappa shape index (κ3) is 3.43. The van der Waals surface area contributed by atoms with Crippen LogP contribution in [-0.2, 0) is 9.59 Å². The molecule has 1 aliphatic heterocycles. The monoisotopic (exact) mass is 240 g/mol. The fraction of sp³-hybridized carbons (Fsp3) is 0.833. The van der Waals surface area contributed by atoms with Gasteiger partial charge in [-0.1, -0.05) is 12.8 Å². The predicted molar refractivity (Wildman–Crippen MR) is 62.2 cm³/mol. The predicted octanol–water partition coefficient (Wildman–Crippen LogP) is 0.0285. The molecule has 0 aromatic rings. The lowest BCUT2D eigenvalue weighted by atomic mass is 10.1. The first-order chi connectivity index (χ1) is 8.15. The van der Waals surface area contributed by atoms with Crippen LogP contribution in [0.15, 0.2) is 0 Å². The van der Waals surface area contributed by atoms with Crippen molar-refractivity contribution in [3.63, 3.8) is 0 Å². The van der Waals surface area contributed by atoms with E-state index in [0.29, 0.717) is 19.1 Å². The van der Waals surface area contributed by atoms with Gasteiger partial charge in [0.15, 0.2) is 0 Å². The summed E-state index contributed by atoms with van der Waals surface area (Å²) < 4.78 is 0. The Morgan fingerprint density at radius 1 is 1.18 bits per heavy atom. The molecule has 1 saturated carbocycles. The highest BCUT2D eigenvalue weighted by Gasteiger charge is 2.28. The van der Waals surface area contributed by atoms with Gasteiger partial charge in [-0.25, -0.2) is 0 Å². The normalized spacial score (nSPS) is 21.4. The molecule has 0 atom stereocenters. The van der Waals surface area contributed by atoms with Crippen molar-refractivity contribution in [3.05, 3.63) is 0 Å². The molecule has 2 amide bonds. The first-order valence-corrected chi connectivity index (χ1v) is 6.40. The Bertz CT molecular complexity index is 294. The minimum atomic E-state index is -0.369. The van der Waals surface area contributed by atoms with Crippen molar-refractivity contribution in [1.82, 2.24) is 10.2 Å². The molecule has 5 heteroatoms. The molecule has 96 valence electrons. The van der Waals surface area contributed by atoms with E-state index in [-0.39, 0.29) is 30.8 Å². The van der Waals surface area contributed by atoms with Crippen LogP contribution in [0, 0.1) is 0 Å². The van der Waals surface area contributed by atoms with Crippen molar-refractivity contribution in [2.75, 3.05) is 13.1 Å². The van der Waals surface area contributed by atoms with Crippen LogP contribution >= 0.6 is 0 Å². The van der Waals surface area contributed by atoms with Gasteiger partial charge in [0.05, 0.1) is 6.10 Å². The number of nitrogens with zero attached hydrogens (tertiary/aromatic N) is 1. The summed E-state index contributed by atoms with van der Waals surface area (Å²) in [7, 11) is 0. The van der Waals surface area contributed by atoms with Gasteiger partial charge >= 0.3 is 0 Å². The van der Waals surface area contributed by atoms with E-state index >= 15 is 0 Å². The third-order valence-electron chi connectivity index (χ3n) is 3.50. The number of hydrogen-bond donors (Lipinski definition) is 2. The molecule has 0 spiro atoms. The SMILES string of the molecule is O=C(CCC(=O)N1CC(O)C1)NC1CCCC1. The van der Waals surface area contributed by atoms with Crippen molar-refractivity contribution in [1.29, 1.82) is 0 Å². The fourth-order valence-corrected chi connectivity index (χ4v) is 2.41. The van der Waals surface area contributed by atoms with E-state index in [9.17, 15) is 9.59 Å². The number of hydrogen-bond acceptors (Lipinski definition) is 3. The number of likely N-dealkylation sites (tertiary alicyclic amines) is 1. The summed E-state index contributed by atoms with van der Waals surface area (Å²) in [5.41, 5.74) is 0. The van der Waals surface area contributed by atoms with Crippen LogP contribution in [-0.4, -0.2) is 47.1 Å². The van der Waals surface area contributed by atoms with Crippen molar-refractivity contribution in [3.8, 4) is 0 Å². The zero-order chi connectivity index (χ0) is 12.3. The number of nitrogens with one attached hydrogen (secondary N) is 1. The van der Waals surface area contributed by atoms with Crippen molar-refractivity contribution in [2.24, 2.45) is 0 Å². The van der Waals surface area contributed by atoms with Gasteiger partial charge in [0.25, 0.3) is 0 Å². The van der Waals surface area contributed by atoms with Gasteiger partial charge in [-0.05, 0) is 12.8 Å². The first-order valence-electron chi connectivity index (χ1n) is 6.40. The number of aliphatic hydroxyl groups excluding tert-OH is 1. The molecule has 0 aromatic carbocycles. The van der Waals surface area contributed by atoms with Crippen LogP contribution < -0.4 is 5.32 Å². The molecule has 0 radical (unpaired) electrons. The average Bonchev–Trinajstić information content (AvgIpc) is 2.74. The lowest BCUT2D eigenvalue weighted by molar-refractivity contribution is -0.142. The quantitative estimate of drug-likeness (QED) is 0.728. The Labute approximate surface area is 101 Å². The van der Waals surface area contributed by atoms with Crippen LogP contribution in [0.25, 0.3) is 0 Å². The maximum Gasteiger partial charge on any atom is 0.223 e. The maximum absolute atomic E-state index is 11.6. The molecule has 2 aliphatic rings. The third-order valence-corrected chi connectivity index (χ3v) is 3.50. The van der Waals surface area contributed by atoms with Crippen LogP contribution in [0.4, 0.5) is 0 Å². The van der Waals surface area contributed by atoms with E-state index in [4.69, 9.17) is 5.11 Å². The molecular formula is C12H20N2O3. The Hall–Kier alpha value is -1.10. The van der Waals surface area contributed by atoms with E-state index in [0.717, 1.165) is 12.8 Å². The Kier molecular flexibility index (Phi) is 3.99. The van der Waals surface area contributed by atoms with E-state index in [2.05, 4.69) is 5.32 Å². The Balaban J connectivity index is 1.60. The van der Waals surface area contributed by atoms with Crippen LogP contribution in [0.2, 0.25) is 0 Å². The summed E-state index contributed by atoms with van der Waals surface area (Å²) in [6, 6.07) is 0.323. The number of carbonyl (C=O) groups excluding carboxylic acids is 2. The lowest BCUT2D eigenvalue weighted by Crippen LogP contribution is -2.53. The van der Waals surface area contributed by atoms with E-state index in [1.54, 1.807) is 4.90 Å². The zero-order valence-corrected chi connectivity index (χ0v) is 10.0. The topological polar surface area (TPSA) is 69.6 Å². The number of carbonyl (C=O) groups is 2. The Morgan fingerprint density at radius 2 is 1.82 bits per heavy atom. The molecule has 2 N–H and O–H groups in total. The highest BCUT2D eigenvalue weighted by atomic mass is 16.3. The highest BCUT2D eigenvalue weighted by molar-refractivity contribution is 5.84. The molecule has 1 saturated heterocycles. The van der Waals surface area contributed by atoms with Crippen molar-refractivity contribution in [2.45, 2.75) is 50.7 Å². The van der Waals surface area contributed by atoms with Gasteiger partial charge in [-0.2, -0.15) is 0 Å². The van der Waals surface area contributed by atoms with Gasteiger partial charge in [0, 0.05) is 32.0 Å². The second-order valence-electron chi connectivity index (χ2n) is 5.00. The summed E-state index contributed by atoms with van der Waals surface area (Å²) >= 11 is 0.